The fourth-order valence-electron chi connectivity index (χ4n) is 2.76. The van der Waals surface area contributed by atoms with Gasteiger partial charge in [0, 0.05) is 38.4 Å². The van der Waals surface area contributed by atoms with Crippen LogP contribution in [0.15, 0.2) is 60.7 Å². The van der Waals surface area contributed by atoms with Crippen LogP contribution in [0, 0.1) is 5.82 Å². The third-order valence-electron chi connectivity index (χ3n) is 4.22. The first-order chi connectivity index (χ1) is 13.7. The molecule has 0 spiro atoms. The van der Waals surface area contributed by atoms with Crippen molar-refractivity contribution >= 4 is 11.6 Å². The molecule has 0 aliphatic carbocycles. The van der Waals surface area contributed by atoms with Crippen molar-refractivity contribution < 1.29 is 9.13 Å². The van der Waals surface area contributed by atoms with Crippen molar-refractivity contribution in [2.24, 2.45) is 0 Å². The van der Waals surface area contributed by atoms with Gasteiger partial charge in [-0.3, -0.25) is 0 Å². The van der Waals surface area contributed by atoms with Crippen LogP contribution in [-0.4, -0.2) is 36.8 Å². The maximum absolute atomic E-state index is 13.0. The Morgan fingerprint density at radius 3 is 2.25 bits per heavy atom. The summed E-state index contributed by atoms with van der Waals surface area (Å²) in [7, 11) is 1.70. The van der Waals surface area contributed by atoms with Gasteiger partial charge in [-0.05, 0) is 30.5 Å². The molecule has 146 valence electrons. The molecule has 2 N–H and O–H groups in total. The number of benzene rings is 2. The number of hydrogen-bond donors (Lipinski definition) is 2. The predicted molar refractivity (Wildman–Crippen MR) is 111 cm³/mol. The van der Waals surface area contributed by atoms with Gasteiger partial charge >= 0.3 is 0 Å². The van der Waals surface area contributed by atoms with Crippen LogP contribution >= 0.6 is 0 Å². The predicted octanol–water partition coefficient (Wildman–Crippen LogP) is 4.39. The molecule has 2 aromatic carbocycles. The van der Waals surface area contributed by atoms with Crippen molar-refractivity contribution in [1.29, 1.82) is 0 Å². The molecule has 3 rings (SSSR count). The number of nitrogens with one attached hydrogen (secondary N) is 2. The van der Waals surface area contributed by atoms with Crippen molar-refractivity contribution in [3.8, 4) is 11.4 Å². The highest BCUT2D eigenvalue weighted by Gasteiger charge is 2.07. The summed E-state index contributed by atoms with van der Waals surface area (Å²) in [6, 6.07) is 18.4. The van der Waals surface area contributed by atoms with E-state index in [9.17, 15) is 4.39 Å². The van der Waals surface area contributed by atoms with Gasteiger partial charge in [0.25, 0.3) is 0 Å². The fraction of sp³-hybridized carbons (Fsp3) is 0.273. The third-order valence-corrected chi connectivity index (χ3v) is 4.22. The Kier molecular flexibility index (Phi) is 7.32. The van der Waals surface area contributed by atoms with E-state index in [2.05, 4.69) is 20.6 Å². The minimum absolute atomic E-state index is 0.218. The first-order valence-electron chi connectivity index (χ1n) is 9.40. The molecule has 1 aromatic heterocycles. The van der Waals surface area contributed by atoms with Crippen LogP contribution in [0.4, 0.5) is 16.0 Å². The number of nitrogens with zero attached hydrogens (tertiary/aromatic N) is 2. The first-order valence-corrected chi connectivity index (χ1v) is 9.40. The number of ether oxygens (including phenoxy) is 1. The van der Waals surface area contributed by atoms with E-state index in [1.54, 1.807) is 19.2 Å². The summed E-state index contributed by atoms with van der Waals surface area (Å²) in [6.45, 7) is 2.17. The molecule has 0 unspecified atom stereocenters. The summed E-state index contributed by atoms with van der Waals surface area (Å²) in [5, 5.41) is 6.68. The Bertz CT molecular complexity index is 856. The molecule has 0 saturated heterocycles. The molecular weight excluding hydrogens is 355 g/mol. The second-order valence-corrected chi connectivity index (χ2v) is 6.40. The molecule has 0 aliphatic heterocycles. The number of halogens is 1. The second kappa shape index (κ2) is 10.4. The van der Waals surface area contributed by atoms with Gasteiger partial charge in [0.1, 0.15) is 17.5 Å². The van der Waals surface area contributed by atoms with Gasteiger partial charge in [0.05, 0.1) is 0 Å². The van der Waals surface area contributed by atoms with E-state index in [1.807, 2.05) is 36.4 Å². The lowest BCUT2D eigenvalue weighted by Crippen LogP contribution is -2.10. The Balaban J connectivity index is 1.69. The Labute approximate surface area is 165 Å². The molecule has 3 aromatic rings. The summed E-state index contributed by atoms with van der Waals surface area (Å²) in [4.78, 5) is 9.28. The monoisotopic (exact) mass is 380 g/mol. The van der Waals surface area contributed by atoms with Crippen LogP contribution in [0.1, 0.15) is 12.0 Å². The van der Waals surface area contributed by atoms with Gasteiger partial charge in [-0.1, -0.05) is 42.5 Å². The highest BCUT2D eigenvalue weighted by Crippen LogP contribution is 2.20. The summed E-state index contributed by atoms with van der Waals surface area (Å²) in [6.07, 6.45) is 1.68. The molecule has 0 aliphatic rings. The molecule has 0 radical (unpaired) electrons. The average molecular weight is 380 g/mol. The van der Waals surface area contributed by atoms with Gasteiger partial charge in [-0.25, -0.2) is 14.4 Å². The summed E-state index contributed by atoms with van der Waals surface area (Å²) < 4.78 is 18.1. The first kappa shape index (κ1) is 19.8. The number of hydrogen-bond acceptors (Lipinski definition) is 5. The SMILES string of the molecule is COCCCNc1cc(NCCc2ccc(F)cc2)nc(-c2ccccc2)n1. The van der Waals surface area contributed by atoms with Crippen molar-refractivity contribution in [1.82, 2.24) is 9.97 Å². The average Bonchev–Trinajstić information content (AvgIpc) is 2.73. The molecule has 6 heteroatoms. The van der Waals surface area contributed by atoms with Gasteiger partial charge in [0.15, 0.2) is 5.82 Å². The van der Waals surface area contributed by atoms with E-state index in [-0.39, 0.29) is 5.82 Å². The van der Waals surface area contributed by atoms with E-state index < -0.39 is 0 Å². The van der Waals surface area contributed by atoms with Crippen LogP contribution < -0.4 is 10.6 Å². The van der Waals surface area contributed by atoms with E-state index in [0.29, 0.717) is 19.0 Å². The Morgan fingerprint density at radius 1 is 0.893 bits per heavy atom. The van der Waals surface area contributed by atoms with Gasteiger partial charge in [0.2, 0.25) is 0 Å². The van der Waals surface area contributed by atoms with E-state index >= 15 is 0 Å². The van der Waals surface area contributed by atoms with Crippen LogP contribution in [0.2, 0.25) is 0 Å². The zero-order valence-electron chi connectivity index (χ0n) is 16.0. The molecule has 0 amide bonds. The fourth-order valence-corrected chi connectivity index (χ4v) is 2.76. The van der Waals surface area contributed by atoms with Crippen LogP contribution in [0.5, 0.6) is 0 Å². The minimum Gasteiger partial charge on any atom is -0.385 e. The lowest BCUT2D eigenvalue weighted by molar-refractivity contribution is 0.198. The van der Waals surface area contributed by atoms with Gasteiger partial charge in [-0.15, -0.1) is 0 Å². The molecule has 0 saturated carbocycles. The van der Waals surface area contributed by atoms with Gasteiger partial charge in [-0.2, -0.15) is 0 Å². The lowest BCUT2D eigenvalue weighted by atomic mass is 10.1. The smallest absolute Gasteiger partial charge is 0.163 e. The number of methoxy groups -OCH3 is 1. The molecule has 0 fully saturated rings. The zero-order chi connectivity index (χ0) is 19.6. The van der Waals surface area contributed by atoms with Crippen LogP contribution in [0.3, 0.4) is 0 Å². The topological polar surface area (TPSA) is 59.1 Å². The maximum atomic E-state index is 13.0. The van der Waals surface area contributed by atoms with Gasteiger partial charge < -0.3 is 15.4 Å². The lowest BCUT2D eigenvalue weighted by Gasteiger charge is -2.12. The van der Waals surface area contributed by atoms with E-state index in [4.69, 9.17) is 4.74 Å². The number of rotatable bonds is 10. The third kappa shape index (κ3) is 6.03. The van der Waals surface area contributed by atoms with Crippen molar-refractivity contribution in [2.75, 3.05) is 37.4 Å². The highest BCUT2D eigenvalue weighted by molar-refractivity contribution is 5.61. The van der Waals surface area contributed by atoms with E-state index in [0.717, 1.165) is 42.1 Å². The van der Waals surface area contributed by atoms with Crippen molar-refractivity contribution in [2.45, 2.75) is 12.8 Å². The second-order valence-electron chi connectivity index (χ2n) is 6.40. The maximum Gasteiger partial charge on any atom is 0.163 e. The normalized spacial score (nSPS) is 10.6. The van der Waals surface area contributed by atoms with E-state index in [1.165, 1.54) is 12.1 Å². The van der Waals surface area contributed by atoms with Crippen LogP contribution in [-0.2, 0) is 11.2 Å². The molecule has 28 heavy (non-hydrogen) atoms. The van der Waals surface area contributed by atoms with Crippen molar-refractivity contribution in [3.05, 3.63) is 72.0 Å². The number of anilines is 2. The zero-order valence-corrected chi connectivity index (χ0v) is 16.0. The molecule has 5 nitrogen and oxygen atoms in total. The summed E-state index contributed by atoms with van der Waals surface area (Å²) in [5.74, 6) is 1.98. The summed E-state index contributed by atoms with van der Waals surface area (Å²) in [5.41, 5.74) is 2.04. The van der Waals surface area contributed by atoms with Crippen molar-refractivity contribution in [3.63, 3.8) is 0 Å². The minimum atomic E-state index is -0.218. The molecule has 0 bridgehead atoms. The Morgan fingerprint density at radius 2 is 1.57 bits per heavy atom. The largest absolute Gasteiger partial charge is 0.385 e. The quantitative estimate of drug-likeness (QED) is 0.511. The molecular formula is C22H25FN4O. The summed E-state index contributed by atoms with van der Waals surface area (Å²) >= 11 is 0. The highest BCUT2D eigenvalue weighted by atomic mass is 19.1. The van der Waals surface area contributed by atoms with Crippen LogP contribution in [0.25, 0.3) is 11.4 Å². The molecule has 1 heterocycles. The number of aromatic nitrogens is 2. The Hall–Kier alpha value is -2.99. The standard InChI is InChI=1S/C22H25FN4O/c1-28-15-5-13-24-20-16-21(25-14-12-17-8-10-19(23)11-9-17)27-22(26-20)18-6-3-2-4-7-18/h2-4,6-11,16H,5,12-15H2,1H3,(H2,24,25,26,27). The molecule has 0 atom stereocenters.